The van der Waals surface area contributed by atoms with E-state index in [1.807, 2.05) is 76.2 Å². The zero-order chi connectivity index (χ0) is 21.1. The second kappa shape index (κ2) is 8.50. The highest BCUT2D eigenvalue weighted by Crippen LogP contribution is 2.26. The van der Waals surface area contributed by atoms with E-state index in [0.717, 1.165) is 38.2 Å². The first-order chi connectivity index (χ1) is 13.8. The Morgan fingerprint density at radius 1 is 1.10 bits per heavy atom. The van der Waals surface area contributed by atoms with Gasteiger partial charge in [-0.2, -0.15) is 5.26 Å². The van der Waals surface area contributed by atoms with E-state index in [4.69, 9.17) is 0 Å². The van der Waals surface area contributed by atoms with E-state index in [2.05, 4.69) is 31.9 Å². The summed E-state index contributed by atoms with van der Waals surface area (Å²) in [6, 6.07) is 17.7. The van der Waals surface area contributed by atoms with Crippen LogP contribution in [0.25, 0.3) is 11.8 Å². The van der Waals surface area contributed by atoms with Gasteiger partial charge < -0.3 is 9.88 Å². The molecule has 29 heavy (non-hydrogen) atoms. The summed E-state index contributed by atoms with van der Waals surface area (Å²) < 4.78 is 3.18. The number of halogens is 1. The molecule has 0 aliphatic rings. The second-order valence-electron chi connectivity index (χ2n) is 7.09. The number of anilines is 1. The lowest BCUT2D eigenvalue weighted by Crippen LogP contribution is -2.13. The van der Waals surface area contributed by atoms with E-state index in [9.17, 15) is 10.1 Å². The number of carbonyl (C=O) groups is 1. The number of carbonyl (C=O) groups excluding carboxylic acids is 1. The van der Waals surface area contributed by atoms with Crippen LogP contribution in [0.4, 0.5) is 5.69 Å². The zero-order valence-electron chi connectivity index (χ0n) is 16.9. The normalized spacial score (nSPS) is 11.2. The predicted molar refractivity (Wildman–Crippen MR) is 121 cm³/mol. The highest BCUT2D eigenvalue weighted by Gasteiger charge is 2.14. The van der Waals surface area contributed by atoms with Crippen molar-refractivity contribution in [2.75, 3.05) is 5.32 Å². The maximum atomic E-state index is 12.6. The van der Waals surface area contributed by atoms with Gasteiger partial charge in [-0.25, -0.2) is 0 Å². The number of aromatic nitrogens is 1. The van der Waals surface area contributed by atoms with Crippen molar-refractivity contribution in [3.8, 4) is 11.8 Å². The minimum atomic E-state index is -0.414. The van der Waals surface area contributed by atoms with Crippen LogP contribution in [0.2, 0.25) is 0 Å². The highest BCUT2D eigenvalue weighted by atomic mass is 79.9. The molecule has 0 bridgehead atoms. The van der Waals surface area contributed by atoms with Gasteiger partial charge in [0.05, 0.1) is 0 Å². The van der Waals surface area contributed by atoms with Crippen LogP contribution in [0.15, 0.2) is 58.6 Å². The molecule has 0 unspecified atom stereocenters. The fraction of sp³-hybridized carbons (Fsp3) is 0.167. The third kappa shape index (κ3) is 4.49. The van der Waals surface area contributed by atoms with Gasteiger partial charge in [0.15, 0.2) is 0 Å². The van der Waals surface area contributed by atoms with E-state index in [0.29, 0.717) is 5.69 Å². The topological polar surface area (TPSA) is 57.8 Å². The Balaban J connectivity index is 1.95. The van der Waals surface area contributed by atoms with Crippen LogP contribution in [0.5, 0.6) is 0 Å². The molecular formula is C24H22BrN3O. The lowest BCUT2D eigenvalue weighted by molar-refractivity contribution is -0.112. The van der Waals surface area contributed by atoms with Gasteiger partial charge >= 0.3 is 0 Å². The maximum Gasteiger partial charge on any atom is 0.266 e. The number of nitrogens with one attached hydrogen (secondary N) is 1. The summed E-state index contributed by atoms with van der Waals surface area (Å²) in [5.41, 5.74) is 6.82. The summed E-state index contributed by atoms with van der Waals surface area (Å²) in [5, 5.41) is 12.3. The van der Waals surface area contributed by atoms with Crippen molar-refractivity contribution in [2.45, 2.75) is 27.7 Å². The predicted octanol–water partition coefficient (Wildman–Crippen LogP) is 6.02. The van der Waals surface area contributed by atoms with Crippen LogP contribution in [0.3, 0.4) is 0 Å². The van der Waals surface area contributed by atoms with Crippen LogP contribution in [0.1, 0.15) is 28.1 Å². The molecule has 3 aromatic rings. The van der Waals surface area contributed by atoms with Crippen molar-refractivity contribution >= 4 is 33.6 Å². The molecule has 2 aromatic carbocycles. The smallest absolute Gasteiger partial charge is 0.266 e. The largest absolute Gasteiger partial charge is 0.321 e. The third-order valence-electron chi connectivity index (χ3n) is 4.81. The van der Waals surface area contributed by atoms with Gasteiger partial charge in [0, 0.05) is 27.2 Å². The molecule has 0 saturated heterocycles. The van der Waals surface area contributed by atoms with E-state index in [-0.39, 0.29) is 5.57 Å². The van der Waals surface area contributed by atoms with Crippen LogP contribution in [0, 0.1) is 39.0 Å². The van der Waals surface area contributed by atoms with E-state index in [1.165, 1.54) is 0 Å². The Hall–Kier alpha value is -3.10. The molecule has 4 nitrogen and oxygen atoms in total. The first kappa shape index (κ1) is 20.6. The minimum absolute atomic E-state index is 0.0683. The molecule has 0 atom stereocenters. The Bertz CT molecular complexity index is 1170. The molecule has 0 aliphatic carbocycles. The average Bonchev–Trinajstić information content (AvgIpc) is 2.95. The van der Waals surface area contributed by atoms with E-state index >= 15 is 0 Å². The quantitative estimate of drug-likeness (QED) is 0.392. The molecule has 5 heteroatoms. The summed E-state index contributed by atoms with van der Waals surface area (Å²) in [6.45, 7) is 8.01. The van der Waals surface area contributed by atoms with Gasteiger partial charge in [0.1, 0.15) is 11.6 Å². The van der Waals surface area contributed by atoms with Crippen LogP contribution in [-0.2, 0) is 4.79 Å². The molecule has 146 valence electrons. The number of hydrogen-bond donors (Lipinski definition) is 1. The van der Waals surface area contributed by atoms with Crippen molar-refractivity contribution < 1.29 is 4.79 Å². The van der Waals surface area contributed by atoms with Crippen molar-refractivity contribution in [3.05, 3.63) is 86.7 Å². The molecule has 0 spiro atoms. The monoisotopic (exact) mass is 447 g/mol. The van der Waals surface area contributed by atoms with E-state index < -0.39 is 5.91 Å². The van der Waals surface area contributed by atoms with Gasteiger partial charge in [-0.05, 0) is 86.9 Å². The Labute approximate surface area is 179 Å². The number of amides is 1. The lowest BCUT2D eigenvalue weighted by atomic mass is 10.1. The van der Waals surface area contributed by atoms with Crippen molar-refractivity contribution in [2.24, 2.45) is 0 Å². The highest BCUT2D eigenvalue weighted by molar-refractivity contribution is 9.10. The number of rotatable bonds is 4. The van der Waals surface area contributed by atoms with Gasteiger partial charge in [0.25, 0.3) is 5.91 Å². The van der Waals surface area contributed by atoms with E-state index in [1.54, 1.807) is 6.08 Å². The van der Waals surface area contributed by atoms with Gasteiger partial charge in [0.2, 0.25) is 0 Å². The zero-order valence-corrected chi connectivity index (χ0v) is 18.5. The SMILES string of the molecule is Cc1cccc(NC(=O)/C(C#N)=C\c2cc(C)n(-c3ccc(Br)c(C)c3)c2C)c1. The molecule has 0 fully saturated rings. The van der Waals surface area contributed by atoms with Crippen molar-refractivity contribution in [1.29, 1.82) is 5.26 Å². The van der Waals surface area contributed by atoms with Crippen molar-refractivity contribution in [1.82, 2.24) is 4.57 Å². The first-order valence-electron chi connectivity index (χ1n) is 9.25. The standard InChI is InChI=1S/C24H22BrN3O/c1-15-6-5-7-21(10-15)27-24(29)20(14-26)13-19-12-17(3)28(18(19)4)22-8-9-23(25)16(2)11-22/h5-13H,1-4H3,(H,27,29)/b20-13-. The average molecular weight is 448 g/mol. The lowest BCUT2D eigenvalue weighted by Gasteiger charge is -2.11. The molecule has 1 amide bonds. The number of nitriles is 1. The third-order valence-corrected chi connectivity index (χ3v) is 5.70. The molecule has 1 aromatic heterocycles. The van der Waals surface area contributed by atoms with Gasteiger partial charge in [-0.15, -0.1) is 0 Å². The first-order valence-corrected chi connectivity index (χ1v) is 10.0. The summed E-state index contributed by atoms with van der Waals surface area (Å²) in [4.78, 5) is 12.6. The minimum Gasteiger partial charge on any atom is -0.321 e. The fourth-order valence-electron chi connectivity index (χ4n) is 3.32. The van der Waals surface area contributed by atoms with Crippen LogP contribution < -0.4 is 5.32 Å². The molecule has 3 rings (SSSR count). The second-order valence-corrected chi connectivity index (χ2v) is 7.94. The van der Waals surface area contributed by atoms with Gasteiger partial charge in [-0.1, -0.05) is 28.1 Å². The fourth-order valence-corrected chi connectivity index (χ4v) is 3.57. The maximum absolute atomic E-state index is 12.6. The van der Waals surface area contributed by atoms with Crippen LogP contribution >= 0.6 is 15.9 Å². The molecule has 0 aliphatic heterocycles. The number of nitrogens with zero attached hydrogens (tertiary/aromatic N) is 2. The Kier molecular flexibility index (Phi) is 6.05. The molecule has 0 radical (unpaired) electrons. The van der Waals surface area contributed by atoms with Crippen molar-refractivity contribution in [3.63, 3.8) is 0 Å². The summed E-state index contributed by atoms with van der Waals surface area (Å²) in [7, 11) is 0. The summed E-state index contributed by atoms with van der Waals surface area (Å²) in [6.07, 6.45) is 1.65. The Morgan fingerprint density at radius 3 is 2.52 bits per heavy atom. The summed E-state index contributed by atoms with van der Waals surface area (Å²) >= 11 is 3.53. The molecule has 1 heterocycles. The molecule has 0 saturated carbocycles. The van der Waals surface area contributed by atoms with Crippen LogP contribution in [-0.4, -0.2) is 10.5 Å². The summed E-state index contributed by atoms with van der Waals surface area (Å²) in [5.74, 6) is -0.414. The van der Waals surface area contributed by atoms with Gasteiger partial charge in [-0.3, -0.25) is 4.79 Å². The number of aryl methyl sites for hydroxylation is 3. The number of benzene rings is 2. The molecular weight excluding hydrogens is 426 g/mol. The Morgan fingerprint density at radius 2 is 1.86 bits per heavy atom. The number of hydrogen-bond acceptors (Lipinski definition) is 2. The molecule has 1 N–H and O–H groups in total.